The number of rotatable bonds is 10. The molecule has 2 N–H and O–H groups in total. The first-order chi connectivity index (χ1) is 17.1. The molecule has 3 aromatic carbocycles. The van der Waals surface area contributed by atoms with Crippen molar-refractivity contribution >= 4 is 0 Å². The molecule has 2 saturated heterocycles. The van der Waals surface area contributed by atoms with E-state index in [-0.39, 0.29) is 12.3 Å². The zero-order valence-electron chi connectivity index (χ0n) is 20.8. The highest BCUT2D eigenvalue weighted by Gasteiger charge is 2.49. The third-order valence-electron chi connectivity index (χ3n) is 7.05. The normalized spacial score (nSPS) is 24.0. The van der Waals surface area contributed by atoms with Gasteiger partial charge in [0.15, 0.2) is 0 Å². The fourth-order valence-electron chi connectivity index (χ4n) is 4.87. The average Bonchev–Trinajstić information content (AvgIpc) is 3.68. The topological polar surface area (TPSA) is 49.1 Å². The monoisotopic (exact) mass is 471 g/mol. The van der Waals surface area contributed by atoms with Gasteiger partial charge in [-0.15, -0.1) is 0 Å². The molecule has 0 radical (unpaired) electrons. The number of nitrogens with one attached hydrogen (secondary N) is 2. The molecule has 0 bridgehead atoms. The summed E-state index contributed by atoms with van der Waals surface area (Å²) in [6.45, 7) is 7.53. The quantitative estimate of drug-likeness (QED) is 0.326. The van der Waals surface area contributed by atoms with Crippen LogP contribution in [-0.2, 0) is 29.3 Å². The van der Waals surface area contributed by atoms with Gasteiger partial charge in [0.05, 0.1) is 6.61 Å². The minimum Gasteiger partial charge on any atom is -0.351 e. The predicted molar refractivity (Wildman–Crippen MR) is 139 cm³/mol. The molecule has 5 heteroatoms. The summed E-state index contributed by atoms with van der Waals surface area (Å²) < 4.78 is 6.30. The Balaban J connectivity index is 1.13. The maximum absolute atomic E-state index is 6.30. The minimum absolute atomic E-state index is 0.147. The molecule has 0 aliphatic carbocycles. The van der Waals surface area contributed by atoms with Gasteiger partial charge in [0.2, 0.25) is 0 Å². The Bertz CT molecular complexity index is 1000. The molecular weight excluding hydrogens is 434 g/mol. The van der Waals surface area contributed by atoms with Crippen LogP contribution in [0.15, 0.2) is 78.9 Å². The van der Waals surface area contributed by atoms with Gasteiger partial charge in [0.1, 0.15) is 12.3 Å². The van der Waals surface area contributed by atoms with Crippen LogP contribution in [0.4, 0.5) is 0 Å². The van der Waals surface area contributed by atoms with Crippen LogP contribution < -0.4 is 10.8 Å². The molecule has 3 unspecified atom stereocenters. The van der Waals surface area contributed by atoms with Crippen LogP contribution in [-0.4, -0.2) is 35.9 Å². The van der Waals surface area contributed by atoms with Gasteiger partial charge in [-0.3, -0.25) is 9.74 Å². The molecule has 3 aromatic rings. The van der Waals surface area contributed by atoms with E-state index in [0.717, 1.165) is 32.5 Å². The second-order valence-electron chi connectivity index (χ2n) is 10.0. The summed E-state index contributed by atoms with van der Waals surface area (Å²) in [6.07, 6.45) is 2.54. The fraction of sp³-hybridized carbons (Fsp3) is 0.400. The summed E-state index contributed by atoms with van der Waals surface area (Å²) in [7, 11) is 0. The van der Waals surface area contributed by atoms with Crippen molar-refractivity contribution in [3.8, 4) is 0 Å². The summed E-state index contributed by atoms with van der Waals surface area (Å²) in [5.74, 6) is 0. The molecule has 0 saturated carbocycles. The molecule has 0 spiro atoms. The number of epoxide rings is 1. The Hall–Kier alpha value is -2.54. The minimum atomic E-state index is 0.147. The van der Waals surface area contributed by atoms with Crippen LogP contribution in [0.1, 0.15) is 40.7 Å². The molecule has 2 fully saturated rings. The van der Waals surface area contributed by atoms with Gasteiger partial charge < -0.3 is 10.1 Å². The first kappa shape index (κ1) is 24.2. The number of hydrogen-bond acceptors (Lipinski definition) is 5. The lowest BCUT2D eigenvalue weighted by atomic mass is 9.98. The van der Waals surface area contributed by atoms with Crippen LogP contribution in [0.25, 0.3) is 0 Å². The number of benzene rings is 3. The van der Waals surface area contributed by atoms with E-state index in [4.69, 9.17) is 9.57 Å². The average molecular weight is 472 g/mol. The lowest BCUT2D eigenvalue weighted by Crippen LogP contribution is -2.50. The Kier molecular flexibility index (Phi) is 7.92. The van der Waals surface area contributed by atoms with Gasteiger partial charge in [0.25, 0.3) is 0 Å². The fourth-order valence-corrected chi connectivity index (χ4v) is 4.87. The van der Waals surface area contributed by atoms with Crippen LogP contribution in [0.3, 0.4) is 0 Å². The van der Waals surface area contributed by atoms with Gasteiger partial charge in [-0.1, -0.05) is 90.0 Å². The number of ether oxygens (including phenoxy) is 1. The summed E-state index contributed by atoms with van der Waals surface area (Å²) in [5.41, 5.74) is 9.66. The lowest BCUT2D eigenvalue weighted by Gasteiger charge is -2.30. The second-order valence-corrected chi connectivity index (χ2v) is 10.0. The van der Waals surface area contributed by atoms with E-state index in [1.807, 2.05) is 18.2 Å². The van der Waals surface area contributed by atoms with Crippen molar-refractivity contribution < 1.29 is 9.57 Å². The molecule has 5 rings (SSSR count). The van der Waals surface area contributed by atoms with E-state index < -0.39 is 0 Å². The maximum atomic E-state index is 6.30. The Morgan fingerprint density at radius 1 is 0.829 bits per heavy atom. The van der Waals surface area contributed by atoms with Gasteiger partial charge in [-0.05, 0) is 43.4 Å². The highest BCUT2D eigenvalue weighted by atomic mass is 16.6. The summed E-state index contributed by atoms with van der Waals surface area (Å²) in [4.78, 5) is 8.23. The Morgan fingerprint density at radius 3 is 2.03 bits per heavy atom. The molecule has 0 amide bonds. The molecule has 4 atom stereocenters. The number of hydroxylamine groups is 1. The van der Waals surface area contributed by atoms with E-state index in [1.54, 1.807) is 0 Å². The standard InChI is InChI=1S/C30H37N3O2/c1-22-8-12-24(13-9-22)19-33(20-25-14-10-23(2)11-15-25)30-29(35-30)28-17-16-27(18-31-28)32-34-21-26-6-4-3-5-7-26/h3-15,27-32H,16-21H2,1-2H3/t27-,28?,29?,30?/m1/s1. The summed E-state index contributed by atoms with van der Waals surface area (Å²) in [6, 6.07) is 28.7. The zero-order valence-corrected chi connectivity index (χ0v) is 20.8. The highest BCUT2D eigenvalue weighted by molar-refractivity contribution is 5.24. The molecule has 2 aliphatic heterocycles. The van der Waals surface area contributed by atoms with Crippen LogP contribution in [0, 0.1) is 13.8 Å². The van der Waals surface area contributed by atoms with Gasteiger partial charge in [0, 0.05) is 31.7 Å². The van der Waals surface area contributed by atoms with Crippen molar-refractivity contribution in [2.45, 2.75) is 70.8 Å². The molecule has 2 aliphatic rings. The van der Waals surface area contributed by atoms with Crippen LogP contribution >= 0.6 is 0 Å². The number of hydrogen-bond donors (Lipinski definition) is 2. The molecule has 35 heavy (non-hydrogen) atoms. The highest BCUT2D eigenvalue weighted by Crippen LogP contribution is 2.34. The summed E-state index contributed by atoms with van der Waals surface area (Å²) in [5, 5.41) is 3.71. The third-order valence-corrected chi connectivity index (χ3v) is 7.05. The molecule has 184 valence electrons. The van der Waals surface area contributed by atoms with E-state index in [9.17, 15) is 0 Å². The van der Waals surface area contributed by atoms with E-state index in [2.05, 4.69) is 90.2 Å². The largest absolute Gasteiger partial charge is 0.351 e. The van der Waals surface area contributed by atoms with Gasteiger partial charge in [-0.25, -0.2) is 0 Å². The first-order valence-electron chi connectivity index (χ1n) is 12.8. The van der Waals surface area contributed by atoms with Crippen molar-refractivity contribution in [3.63, 3.8) is 0 Å². The first-order valence-corrected chi connectivity index (χ1v) is 12.8. The molecule has 0 aromatic heterocycles. The van der Waals surface area contributed by atoms with Crippen molar-refractivity contribution in [2.24, 2.45) is 0 Å². The van der Waals surface area contributed by atoms with Crippen molar-refractivity contribution in [1.29, 1.82) is 0 Å². The number of piperidine rings is 1. The van der Waals surface area contributed by atoms with Crippen molar-refractivity contribution in [3.05, 3.63) is 107 Å². The Morgan fingerprint density at radius 2 is 1.46 bits per heavy atom. The van der Waals surface area contributed by atoms with E-state index in [1.165, 1.54) is 27.8 Å². The van der Waals surface area contributed by atoms with E-state index >= 15 is 0 Å². The Labute approximate surface area is 209 Å². The molecule has 5 nitrogen and oxygen atoms in total. The second kappa shape index (κ2) is 11.5. The maximum Gasteiger partial charge on any atom is 0.139 e. The van der Waals surface area contributed by atoms with Gasteiger partial charge in [-0.2, -0.15) is 5.48 Å². The third kappa shape index (κ3) is 6.78. The number of nitrogens with zero attached hydrogens (tertiary/aromatic N) is 1. The molecular formula is C30H37N3O2. The summed E-state index contributed by atoms with van der Waals surface area (Å²) >= 11 is 0. The van der Waals surface area contributed by atoms with Gasteiger partial charge >= 0.3 is 0 Å². The van der Waals surface area contributed by atoms with Crippen molar-refractivity contribution in [2.75, 3.05) is 6.54 Å². The SMILES string of the molecule is Cc1ccc(CN(Cc2ccc(C)cc2)C2OC2C2CC[C@@H](NOCc3ccccc3)CN2)cc1. The van der Waals surface area contributed by atoms with Crippen molar-refractivity contribution in [1.82, 2.24) is 15.7 Å². The van der Waals surface area contributed by atoms with Crippen LogP contribution in [0.5, 0.6) is 0 Å². The van der Waals surface area contributed by atoms with Crippen LogP contribution in [0.2, 0.25) is 0 Å². The molecule has 2 heterocycles. The smallest absolute Gasteiger partial charge is 0.139 e. The van der Waals surface area contributed by atoms with E-state index in [0.29, 0.717) is 18.7 Å². The zero-order chi connectivity index (χ0) is 24.0. The number of aryl methyl sites for hydroxylation is 2. The lowest BCUT2D eigenvalue weighted by molar-refractivity contribution is -0.00454. The predicted octanol–water partition coefficient (Wildman–Crippen LogP) is 4.87.